The highest BCUT2D eigenvalue weighted by Gasteiger charge is 2.13. The minimum Gasteiger partial charge on any atom is -0.496 e. The molecular weight excluding hydrogens is 270 g/mol. The summed E-state index contributed by atoms with van der Waals surface area (Å²) in [4.78, 5) is 6.42. The molecule has 0 fully saturated rings. The van der Waals surface area contributed by atoms with Gasteiger partial charge in [-0.25, -0.2) is 4.99 Å². The van der Waals surface area contributed by atoms with Gasteiger partial charge in [0.25, 0.3) is 0 Å². The monoisotopic (exact) mass is 295 g/mol. The van der Waals surface area contributed by atoms with Crippen LogP contribution in [0.15, 0.2) is 17.1 Å². The molecule has 1 aromatic carbocycles. The van der Waals surface area contributed by atoms with Crippen molar-refractivity contribution in [1.29, 1.82) is 0 Å². The number of nitrogens with zero attached hydrogens (tertiary/aromatic N) is 2. The maximum Gasteiger partial charge on any atom is 0.191 e. The van der Waals surface area contributed by atoms with Crippen LogP contribution in [0.3, 0.4) is 0 Å². The van der Waals surface area contributed by atoms with E-state index in [2.05, 4.69) is 4.99 Å². The van der Waals surface area contributed by atoms with Gasteiger partial charge in [0.05, 0.1) is 33.4 Å². The van der Waals surface area contributed by atoms with Gasteiger partial charge >= 0.3 is 0 Å². The van der Waals surface area contributed by atoms with E-state index in [0.717, 1.165) is 18.7 Å². The number of aliphatic imine (C=N–C) groups is 1. The molecule has 21 heavy (non-hydrogen) atoms. The first-order chi connectivity index (χ1) is 10.1. The molecule has 0 saturated heterocycles. The molecule has 0 radical (unpaired) electrons. The van der Waals surface area contributed by atoms with Gasteiger partial charge in [-0.3, -0.25) is 0 Å². The van der Waals surface area contributed by atoms with Crippen molar-refractivity contribution in [2.75, 3.05) is 34.4 Å². The van der Waals surface area contributed by atoms with E-state index in [1.807, 2.05) is 18.7 Å². The Hall–Kier alpha value is -2.11. The summed E-state index contributed by atoms with van der Waals surface area (Å²) in [6, 6.07) is 3.61. The van der Waals surface area contributed by atoms with Crippen LogP contribution in [-0.4, -0.2) is 45.3 Å². The number of hydrogen-bond acceptors (Lipinski definition) is 4. The molecular formula is C15H25N3O3. The highest BCUT2D eigenvalue weighted by molar-refractivity contribution is 5.78. The fraction of sp³-hybridized carbons (Fsp3) is 0.533. The molecule has 6 nitrogen and oxygen atoms in total. The van der Waals surface area contributed by atoms with Crippen LogP contribution in [0.4, 0.5) is 0 Å². The summed E-state index contributed by atoms with van der Waals surface area (Å²) < 4.78 is 16.0. The van der Waals surface area contributed by atoms with E-state index in [9.17, 15) is 0 Å². The number of ether oxygens (including phenoxy) is 3. The molecule has 0 heterocycles. The Kier molecular flexibility index (Phi) is 6.65. The van der Waals surface area contributed by atoms with Crippen molar-refractivity contribution < 1.29 is 14.2 Å². The third-order valence-electron chi connectivity index (χ3n) is 3.30. The van der Waals surface area contributed by atoms with Crippen LogP contribution in [0.2, 0.25) is 0 Å². The van der Waals surface area contributed by atoms with Gasteiger partial charge in [-0.05, 0) is 13.8 Å². The largest absolute Gasteiger partial charge is 0.496 e. The maximum absolute atomic E-state index is 6.00. The summed E-state index contributed by atoms with van der Waals surface area (Å²) in [5, 5.41) is 0. The summed E-state index contributed by atoms with van der Waals surface area (Å²) in [6.45, 7) is 6.12. The lowest BCUT2D eigenvalue weighted by atomic mass is 10.1. The summed E-state index contributed by atoms with van der Waals surface area (Å²) in [7, 11) is 4.81. The van der Waals surface area contributed by atoms with E-state index < -0.39 is 0 Å². The van der Waals surface area contributed by atoms with Crippen molar-refractivity contribution in [3.63, 3.8) is 0 Å². The molecule has 118 valence electrons. The van der Waals surface area contributed by atoms with Gasteiger partial charge in [0.2, 0.25) is 0 Å². The highest BCUT2D eigenvalue weighted by atomic mass is 16.5. The molecule has 1 aromatic rings. The lowest BCUT2D eigenvalue weighted by Gasteiger charge is -2.20. The van der Waals surface area contributed by atoms with Crippen LogP contribution < -0.4 is 19.9 Å². The predicted molar refractivity (Wildman–Crippen MR) is 84.3 cm³/mol. The van der Waals surface area contributed by atoms with Crippen molar-refractivity contribution in [3.8, 4) is 17.2 Å². The Morgan fingerprint density at radius 3 is 1.95 bits per heavy atom. The van der Waals surface area contributed by atoms with Crippen molar-refractivity contribution >= 4 is 5.96 Å². The Labute approximate surface area is 126 Å². The second-order valence-electron chi connectivity index (χ2n) is 4.36. The zero-order chi connectivity index (χ0) is 15.8. The Balaban J connectivity index is 3.09. The molecule has 0 aliphatic rings. The molecule has 0 aliphatic heterocycles. The summed E-state index contributed by atoms with van der Waals surface area (Å²) in [5.74, 6) is 2.53. The van der Waals surface area contributed by atoms with Crippen molar-refractivity contribution in [1.82, 2.24) is 4.90 Å². The second kappa shape index (κ2) is 8.24. The molecule has 0 spiro atoms. The number of nitrogens with two attached hydrogens (primary N) is 1. The van der Waals surface area contributed by atoms with Crippen LogP contribution in [0.25, 0.3) is 0 Å². The first-order valence-electron chi connectivity index (χ1n) is 6.94. The molecule has 1 rings (SSSR count). The van der Waals surface area contributed by atoms with Crippen LogP contribution in [-0.2, 0) is 6.54 Å². The van der Waals surface area contributed by atoms with Crippen LogP contribution >= 0.6 is 0 Å². The number of guanidine groups is 1. The van der Waals surface area contributed by atoms with E-state index in [0.29, 0.717) is 29.8 Å². The molecule has 0 unspecified atom stereocenters. The lowest BCUT2D eigenvalue weighted by molar-refractivity contribution is 0.368. The Morgan fingerprint density at radius 2 is 1.57 bits per heavy atom. The highest BCUT2D eigenvalue weighted by Crippen LogP contribution is 2.34. The van der Waals surface area contributed by atoms with Crippen LogP contribution in [0.1, 0.15) is 19.4 Å². The molecule has 2 N–H and O–H groups in total. The summed E-state index contributed by atoms with van der Waals surface area (Å²) in [5.41, 5.74) is 6.84. The molecule has 6 heteroatoms. The fourth-order valence-electron chi connectivity index (χ4n) is 2.04. The zero-order valence-corrected chi connectivity index (χ0v) is 13.5. The van der Waals surface area contributed by atoms with E-state index >= 15 is 0 Å². The summed E-state index contributed by atoms with van der Waals surface area (Å²) in [6.07, 6.45) is 0. The lowest BCUT2D eigenvalue weighted by Crippen LogP contribution is -2.37. The van der Waals surface area contributed by atoms with E-state index in [1.54, 1.807) is 33.5 Å². The van der Waals surface area contributed by atoms with Gasteiger partial charge in [-0.2, -0.15) is 0 Å². The van der Waals surface area contributed by atoms with Gasteiger partial charge < -0.3 is 24.8 Å². The average Bonchev–Trinajstić information content (AvgIpc) is 2.52. The standard InChI is InChI=1S/C15H25N3O3/c1-6-18(7-2)15(16)17-10-12-13(20-4)8-11(19-3)9-14(12)21-5/h8-9H,6-7,10H2,1-5H3,(H2,16,17). The van der Waals surface area contributed by atoms with Gasteiger partial charge in [0, 0.05) is 25.2 Å². The third kappa shape index (κ3) is 4.18. The Morgan fingerprint density at radius 1 is 1.05 bits per heavy atom. The maximum atomic E-state index is 6.00. The van der Waals surface area contributed by atoms with Gasteiger partial charge in [-0.15, -0.1) is 0 Å². The van der Waals surface area contributed by atoms with E-state index in [4.69, 9.17) is 19.9 Å². The minimum atomic E-state index is 0.388. The quantitative estimate of drug-likeness (QED) is 0.614. The predicted octanol–water partition coefficient (Wildman–Crippen LogP) is 1.87. The van der Waals surface area contributed by atoms with Gasteiger partial charge in [-0.1, -0.05) is 0 Å². The first kappa shape index (κ1) is 16.9. The number of benzene rings is 1. The van der Waals surface area contributed by atoms with Crippen molar-refractivity contribution in [3.05, 3.63) is 17.7 Å². The van der Waals surface area contributed by atoms with Gasteiger partial charge in [0.15, 0.2) is 5.96 Å². The minimum absolute atomic E-state index is 0.388. The number of rotatable bonds is 7. The second-order valence-corrected chi connectivity index (χ2v) is 4.36. The van der Waals surface area contributed by atoms with Crippen LogP contribution in [0, 0.1) is 0 Å². The van der Waals surface area contributed by atoms with Crippen molar-refractivity contribution in [2.24, 2.45) is 10.7 Å². The Bertz CT molecular complexity index is 460. The first-order valence-corrected chi connectivity index (χ1v) is 6.94. The zero-order valence-electron chi connectivity index (χ0n) is 13.5. The topological polar surface area (TPSA) is 69.3 Å². The smallest absolute Gasteiger partial charge is 0.191 e. The molecule has 0 aliphatic carbocycles. The van der Waals surface area contributed by atoms with E-state index in [1.165, 1.54) is 0 Å². The molecule has 0 bridgehead atoms. The normalized spacial score (nSPS) is 11.2. The van der Waals surface area contributed by atoms with E-state index in [-0.39, 0.29) is 0 Å². The molecule has 0 amide bonds. The number of methoxy groups -OCH3 is 3. The van der Waals surface area contributed by atoms with Crippen molar-refractivity contribution in [2.45, 2.75) is 20.4 Å². The van der Waals surface area contributed by atoms with Gasteiger partial charge in [0.1, 0.15) is 17.2 Å². The molecule has 0 saturated carbocycles. The SMILES string of the molecule is CCN(CC)C(N)=NCc1c(OC)cc(OC)cc1OC. The molecule has 0 aromatic heterocycles. The third-order valence-corrected chi connectivity index (χ3v) is 3.30. The fourth-order valence-corrected chi connectivity index (χ4v) is 2.04. The average molecular weight is 295 g/mol. The summed E-state index contributed by atoms with van der Waals surface area (Å²) >= 11 is 0. The molecule has 0 atom stereocenters. The number of hydrogen-bond donors (Lipinski definition) is 1. The van der Waals surface area contributed by atoms with Crippen LogP contribution in [0.5, 0.6) is 17.2 Å².